The van der Waals surface area contributed by atoms with Crippen molar-refractivity contribution in [2.75, 3.05) is 0 Å². The molecule has 0 radical (unpaired) electrons. The minimum atomic E-state index is 0.271. The molecule has 2 atom stereocenters. The van der Waals surface area contributed by atoms with Crippen molar-refractivity contribution in [2.24, 2.45) is 0 Å². The van der Waals surface area contributed by atoms with Crippen molar-refractivity contribution in [3.05, 3.63) is 48.5 Å². The van der Waals surface area contributed by atoms with Gasteiger partial charge in [-0.25, -0.2) is 0 Å². The highest BCUT2D eigenvalue weighted by atomic mass is 16.5. The Bertz CT molecular complexity index is 613. The van der Waals surface area contributed by atoms with Gasteiger partial charge in [-0.05, 0) is 74.9 Å². The Balaban J connectivity index is 1.80. The van der Waals surface area contributed by atoms with Gasteiger partial charge < -0.3 is 9.47 Å². The number of rotatable bonds is 15. The van der Waals surface area contributed by atoms with Gasteiger partial charge in [0.05, 0.1) is 12.2 Å². The first-order chi connectivity index (χ1) is 14.6. The number of hydrogen-bond donors (Lipinski definition) is 0. The normalized spacial score (nSPS) is 13.1. The summed E-state index contributed by atoms with van der Waals surface area (Å²) in [7, 11) is 0. The van der Waals surface area contributed by atoms with Crippen LogP contribution >= 0.6 is 0 Å². The Morgan fingerprint density at radius 3 is 1.23 bits per heavy atom. The Morgan fingerprint density at radius 2 is 0.900 bits per heavy atom. The first-order valence-electron chi connectivity index (χ1n) is 12.2. The quantitative estimate of drug-likeness (QED) is 0.273. The first-order valence-corrected chi connectivity index (χ1v) is 12.2. The van der Waals surface area contributed by atoms with Crippen LogP contribution in [0.4, 0.5) is 0 Å². The third-order valence-corrected chi connectivity index (χ3v) is 5.64. The van der Waals surface area contributed by atoms with Crippen molar-refractivity contribution in [3.63, 3.8) is 0 Å². The average Bonchev–Trinajstić information content (AvgIpc) is 2.75. The Labute approximate surface area is 185 Å². The predicted molar refractivity (Wildman–Crippen MR) is 130 cm³/mol. The largest absolute Gasteiger partial charge is 0.491 e. The van der Waals surface area contributed by atoms with Gasteiger partial charge in [-0.15, -0.1) is 0 Å². The smallest absolute Gasteiger partial charge is 0.119 e. The fourth-order valence-corrected chi connectivity index (χ4v) is 3.75. The monoisotopic (exact) mass is 410 g/mol. The van der Waals surface area contributed by atoms with Crippen molar-refractivity contribution in [1.82, 2.24) is 0 Å². The molecule has 0 saturated heterocycles. The molecule has 0 aliphatic rings. The molecule has 0 N–H and O–H groups in total. The highest BCUT2D eigenvalue weighted by molar-refractivity contribution is 5.64. The molecule has 2 unspecified atom stereocenters. The van der Waals surface area contributed by atoms with E-state index in [1.54, 1.807) is 0 Å². The van der Waals surface area contributed by atoms with Gasteiger partial charge in [-0.2, -0.15) is 0 Å². The van der Waals surface area contributed by atoms with E-state index in [-0.39, 0.29) is 12.2 Å². The maximum atomic E-state index is 6.08. The number of hydrogen-bond acceptors (Lipinski definition) is 2. The molecule has 2 heteroatoms. The molecule has 166 valence electrons. The highest BCUT2D eigenvalue weighted by Crippen LogP contribution is 2.26. The molecule has 0 fully saturated rings. The zero-order valence-corrected chi connectivity index (χ0v) is 19.7. The van der Waals surface area contributed by atoms with Gasteiger partial charge >= 0.3 is 0 Å². The topological polar surface area (TPSA) is 18.5 Å². The summed E-state index contributed by atoms with van der Waals surface area (Å²) in [4.78, 5) is 0. The van der Waals surface area contributed by atoms with Gasteiger partial charge in [0, 0.05) is 0 Å². The second-order valence-corrected chi connectivity index (χ2v) is 8.60. The summed E-state index contributed by atoms with van der Waals surface area (Å²) in [5.41, 5.74) is 2.41. The standard InChI is InChI=1S/C28H42O2/c1-5-7-9-11-13-23(3)29-27-19-15-25(16-20-27)26-17-21-28(22-18-26)30-24(4)14-12-10-8-6-2/h15-24H,5-14H2,1-4H3. The zero-order valence-electron chi connectivity index (χ0n) is 19.7. The van der Waals surface area contributed by atoms with Crippen LogP contribution in [-0.2, 0) is 0 Å². The SMILES string of the molecule is CCCCCCC(C)Oc1ccc(-c2ccc(OC(C)CCCCCC)cc2)cc1. The molecule has 0 aromatic heterocycles. The van der Waals surface area contributed by atoms with E-state index in [2.05, 4.69) is 76.2 Å². The Kier molecular flexibility index (Phi) is 11.4. The van der Waals surface area contributed by atoms with Gasteiger partial charge in [-0.3, -0.25) is 0 Å². The Hall–Kier alpha value is -1.96. The van der Waals surface area contributed by atoms with Crippen molar-refractivity contribution in [1.29, 1.82) is 0 Å². The van der Waals surface area contributed by atoms with Crippen LogP contribution in [0, 0.1) is 0 Å². The van der Waals surface area contributed by atoms with Gasteiger partial charge in [0.1, 0.15) is 11.5 Å². The van der Waals surface area contributed by atoms with E-state index in [0.29, 0.717) is 0 Å². The molecular weight excluding hydrogens is 368 g/mol. The van der Waals surface area contributed by atoms with Crippen LogP contribution < -0.4 is 9.47 Å². The molecule has 0 heterocycles. The van der Waals surface area contributed by atoms with Crippen LogP contribution in [0.3, 0.4) is 0 Å². The van der Waals surface area contributed by atoms with Gasteiger partial charge in [0.15, 0.2) is 0 Å². The molecule has 0 amide bonds. The maximum absolute atomic E-state index is 6.08. The second kappa shape index (κ2) is 14.1. The van der Waals surface area contributed by atoms with Crippen LogP contribution in [-0.4, -0.2) is 12.2 Å². The third kappa shape index (κ3) is 9.24. The van der Waals surface area contributed by atoms with E-state index >= 15 is 0 Å². The van der Waals surface area contributed by atoms with Crippen LogP contribution in [0.5, 0.6) is 11.5 Å². The van der Waals surface area contributed by atoms with Crippen molar-refractivity contribution in [2.45, 2.75) is 104 Å². The number of unbranched alkanes of at least 4 members (excludes halogenated alkanes) is 6. The number of benzene rings is 2. The molecule has 2 nitrogen and oxygen atoms in total. The summed E-state index contributed by atoms with van der Waals surface area (Å²) in [6.07, 6.45) is 13.1. The number of ether oxygens (including phenoxy) is 2. The van der Waals surface area contributed by atoms with Crippen molar-refractivity contribution >= 4 is 0 Å². The fourth-order valence-electron chi connectivity index (χ4n) is 3.75. The van der Waals surface area contributed by atoms with E-state index in [4.69, 9.17) is 9.47 Å². The highest BCUT2D eigenvalue weighted by Gasteiger charge is 2.07. The molecule has 30 heavy (non-hydrogen) atoms. The molecule has 0 spiro atoms. The molecule has 0 aliphatic heterocycles. The molecule has 0 aliphatic carbocycles. The summed E-state index contributed by atoms with van der Waals surface area (Å²) in [5, 5.41) is 0. The van der Waals surface area contributed by atoms with Crippen LogP contribution in [0.15, 0.2) is 48.5 Å². The summed E-state index contributed by atoms with van der Waals surface area (Å²) in [6.45, 7) is 8.84. The zero-order chi connectivity index (χ0) is 21.6. The van der Waals surface area contributed by atoms with Gasteiger partial charge in [-0.1, -0.05) is 76.6 Å². The maximum Gasteiger partial charge on any atom is 0.119 e. The first kappa shape index (κ1) is 24.3. The van der Waals surface area contributed by atoms with Crippen LogP contribution in [0.2, 0.25) is 0 Å². The lowest BCUT2D eigenvalue weighted by molar-refractivity contribution is 0.206. The molecule has 0 bridgehead atoms. The summed E-state index contributed by atoms with van der Waals surface area (Å²) in [5.74, 6) is 1.91. The molecule has 2 rings (SSSR count). The third-order valence-electron chi connectivity index (χ3n) is 5.64. The van der Waals surface area contributed by atoms with Gasteiger partial charge in [0.25, 0.3) is 0 Å². The molecule has 0 saturated carbocycles. The lowest BCUT2D eigenvalue weighted by Crippen LogP contribution is -2.11. The second-order valence-electron chi connectivity index (χ2n) is 8.60. The van der Waals surface area contributed by atoms with E-state index in [0.717, 1.165) is 24.3 Å². The van der Waals surface area contributed by atoms with E-state index < -0.39 is 0 Å². The lowest BCUT2D eigenvalue weighted by atomic mass is 10.1. The summed E-state index contributed by atoms with van der Waals surface area (Å²) < 4.78 is 12.2. The Morgan fingerprint density at radius 1 is 0.533 bits per heavy atom. The van der Waals surface area contributed by atoms with Crippen LogP contribution in [0.25, 0.3) is 11.1 Å². The minimum absolute atomic E-state index is 0.271. The predicted octanol–water partition coefficient (Wildman–Crippen LogP) is 8.83. The molecule has 2 aromatic rings. The molecule has 2 aromatic carbocycles. The van der Waals surface area contributed by atoms with Crippen molar-refractivity contribution < 1.29 is 9.47 Å². The van der Waals surface area contributed by atoms with E-state index in [9.17, 15) is 0 Å². The average molecular weight is 411 g/mol. The molecular formula is C28H42O2. The minimum Gasteiger partial charge on any atom is -0.491 e. The van der Waals surface area contributed by atoms with E-state index in [1.165, 1.54) is 62.5 Å². The summed E-state index contributed by atoms with van der Waals surface area (Å²) in [6, 6.07) is 16.9. The van der Waals surface area contributed by atoms with Crippen LogP contribution in [0.1, 0.15) is 91.9 Å². The lowest BCUT2D eigenvalue weighted by Gasteiger charge is -2.16. The summed E-state index contributed by atoms with van der Waals surface area (Å²) >= 11 is 0. The van der Waals surface area contributed by atoms with Gasteiger partial charge in [0.2, 0.25) is 0 Å². The fraction of sp³-hybridized carbons (Fsp3) is 0.571. The van der Waals surface area contributed by atoms with Crippen molar-refractivity contribution in [3.8, 4) is 22.6 Å². The van der Waals surface area contributed by atoms with E-state index in [1.807, 2.05) is 0 Å².